The standard InChI is InChI=1S/C19H24BrN5O/c1-12(2)18-22-13(3)10-17(24-18)25-8-6-14(7-9-25)19(26)23-16-5-4-15(20)11-21-16/h4-5,10-12,14H,6-9H2,1-3H3,(H,21,23,26). The zero-order chi connectivity index (χ0) is 18.7. The fraction of sp³-hybridized carbons (Fsp3) is 0.474. The lowest BCUT2D eigenvalue weighted by molar-refractivity contribution is -0.120. The number of halogens is 1. The van der Waals surface area contributed by atoms with Gasteiger partial charge in [-0.15, -0.1) is 0 Å². The van der Waals surface area contributed by atoms with Crippen molar-refractivity contribution >= 4 is 33.5 Å². The normalized spacial score (nSPS) is 15.3. The summed E-state index contributed by atoms with van der Waals surface area (Å²) in [5, 5.41) is 2.91. The van der Waals surface area contributed by atoms with Crippen molar-refractivity contribution in [2.75, 3.05) is 23.3 Å². The second-order valence-corrected chi connectivity index (χ2v) is 7.91. The van der Waals surface area contributed by atoms with E-state index < -0.39 is 0 Å². The highest BCUT2D eigenvalue weighted by Crippen LogP contribution is 2.24. The third-order valence-electron chi connectivity index (χ3n) is 4.54. The molecule has 0 aliphatic carbocycles. The van der Waals surface area contributed by atoms with Crippen LogP contribution in [0.2, 0.25) is 0 Å². The highest BCUT2D eigenvalue weighted by Gasteiger charge is 2.26. The Kier molecular flexibility index (Phi) is 5.86. The van der Waals surface area contributed by atoms with Crippen LogP contribution in [0.1, 0.15) is 44.1 Å². The number of nitrogens with zero attached hydrogens (tertiary/aromatic N) is 4. The molecular formula is C19H24BrN5O. The minimum absolute atomic E-state index is 0.00389. The first-order valence-corrected chi connectivity index (χ1v) is 9.74. The Morgan fingerprint density at radius 2 is 2.00 bits per heavy atom. The van der Waals surface area contributed by atoms with E-state index >= 15 is 0 Å². The number of piperidine rings is 1. The Morgan fingerprint density at radius 1 is 1.27 bits per heavy atom. The van der Waals surface area contributed by atoms with Crippen LogP contribution in [-0.4, -0.2) is 33.9 Å². The Labute approximate surface area is 162 Å². The Hall–Kier alpha value is -2.02. The summed E-state index contributed by atoms with van der Waals surface area (Å²) in [5.74, 6) is 2.78. The molecule has 2 aromatic rings. The second-order valence-electron chi connectivity index (χ2n) is 6.99. The van der Waals surface area contributed by atoms with Crippen molar-refractivity contribution < 1.29 is 4.79 Å². The fourth-order valence-corrected chi connectivity index (χ4v) is 3.28. The summed E-state index contributed by atoms with van der Waals surface area (Å²) in [6, 6.07) is 5.70. The van der Waals surface area contributed by atoms with E-state index in [9.17, 15) is 4.79 Å². The molecule has 1 saturated heterocycles. The van der Waals surface area contributed by atoms with E-state index in [1.165, 1.54) is 0 Å². The molecule has 1 N–H and O–H groups in total. The van der Waals surface area contributed by atoms with Gasteiger partial charge in [0, 0.05) is 47.4 Å². The maximum atomic E-state index is 12.5. The molecule has 3 heterocycles. The van der Waals surface area contributed by atoms with Crippen LogP contribution in [0.3, 0.4) is 0 Å². The molecule has 0 spiro atoms. The first-order valence-electron chi connectivity index (χ1n) is 8.95. The molecule has 1 aliphatic heterocycles. The Morgan fingerprint density at radius 3 is 2.62 bits per heavy atom. The lowest BCUT2D eigenvalue weighted by atomic mass is 9.96. The molecule has 0 unspecified atom stereocenters. The van der Waals surface area contributed by atoms with Gasteiger partial charge in [-0.25, -0.2) is 15.0 Å². The first kappa shape index (κ1) is 18.8. The molecule has 26 heavy (non-hydrogen) atoms. The first-order chi connectivity index (χ1) is 12.4. The molecule has 0 radical (unpaired) electrons. The monoisotopic (exact) mass is 417 g/mol. The van der Waals surface area contributed by atoms with Crippen molar-refractivity contribution in [3.63, 3.8) is 0 Å². The van der Waals surface area contributed by atoms with Gasteiger partial charge < -0.3 is 10.2 Å². The third-order valence-corrected chi connectivity index (χ3v) is 5.01. The number of rotatable bonds is 4. The van der Waals surface area contributed by atoms with Crippen molar-refractivity contribution in [3.05, 3.63) is 40.4 Å². The van der Waals surface area contributed by atoms with Crippen molar-refractivity contribution in [2.24, 2.45) is 5.92 Å². The van der Waals surface area contributed by atoms with Gasteiger partial charge in [0.2, 0.25) is 5.91 Å². The van der Waals surface area contributed by atoms with E-state index in [4.69, 9.17) is 4.98 Å². The number of hydrogen-bond acceptors (Lipinski definition) is 5. The van der Waals surface area contributed by atoms with Crippen molar-refractivity contribution in [1.29, 1.82) is 0 Å². The highest BCUT2D eigenvalue weighted by atomic mass is 79.9. The van der Waals surface area contributed by atoms with Crippen LogP contribution in [0.15, 0.2) is 28.9 Å². The minimum atomic E-state index is 0.00389. The van der Waals surface area contributed by atoms with Gasteiger partial charge in [-0.1, -0.05) is 13.8 Å². The molecule has 1 amide bonds. The lowest BCUT2D eigenvalue weighted by Gasteiger charge is -2.32. The Balaban J connectivity index is 1.60. The Bertz CT molecular complexity index is 770. The number of carbonyl (C=O) groups is 1. The van der Waals surface area contributed by atoms with E-state index in [1.54, 1.807) is 12.3 Å². The summed E-state index contributed by atoms with van der Waals surface area (Å²) < 4.78 is 0.893. The molecule has 1 fully saturated rings. The van der Waals surface area contributed by atoms with Gasteiger partial charge in [0.1, 0.15) is 17.5 Å². The van der Waals surface area contributed by atoms with Gasteiger partial charge in [-0.3, -0.25) is 4.79 Å². The zero-order valence-corrected chi connectivity index (χ0v) is 17.0. The predicted octanol–water partition coefficient (Wildman–Crippen LogP) is 3.92. The fourth-order valence-electron chi connectivity index (χ4n) is 3.04. The van der Waals surface area contributed by atoms with Crippen LogP contribution < -0.4 is 10.2 Å². The molecule has 0 bridgehead atoms. The zero-order valence-electron chi connectivity index (χ0n) is 15.4. The van der Waals surface area contributed by atoms with Gasteiger partial charge in [0.05, 0.1) is 0 Å². The van der Waals surface area contributed by atoms with Crippen LogP contribution in [0.4, 0.5) is 11.6 Å². The quantitative estimate of drug-likeness (QED) is 0.815. The molecule has 7 heteroatoms. The molecule has 0 atom stereocenters. The van der Waals surface area contributed by atoms with E-state index in [1.807, 2.05) is 19.1 Å². The van der Waals surface area contributed by atoms with E-state index in [2.05, 4.69) is 50.0 Å². The summed E-state index contributed by atoms with van der Waals surface area (Å²) in [5.41, 5.74) is 0.986. The minimum Gasteiger partial charge on any atom is -0.356 e. The average molecular weight is 418 g/mol. The van der Waals surface area contributed by atoms with Crippen molar-refractivity contribution in [1.82, 2.24) is 15.0 Å². The van der Waals surface area contributed by atoms with Gasteiger partial charge in [0.25, 0.3) is 0 Å². The SMILES string of the molecule is Cc1cc(N2CCC(C(=O)Nc3ccc(Br)cn3)CC2)nc(C(C)C)n1. The summed E-state index contributed by atoms with van der Waals surface area (Å²) in [6.07, 6.45) is 3.30. The number of aromatic nitrogens is 3. The molecule has 138 valence electrons. The van der Waals surface area contributed by atoms with Crippen LogP contribution in [0.5, 0.6) is 0 Å². The number of nitrogens with one attached hydrogen (secondary N) is 1. The van der Waals surface area contributed by atoms with Crippen LogP contribution in [-0.2, 0) is 4.79 Å². The average Bonchev–Trinajstić information content (AvgIpc) is 2.63. The van der Waals surface area contributed by atoms with Crippen LogP contribution in [0.25, 0.3) is 0 Å². The van der Waals surface area contributed by atoms with E-state index in [0.29, 0.717) is 11.7 Å². The van der Waals surface area contributed by atoms with Gasteiger partial charge in [-0.2, -0.15) is 0 Å². The van der Waals surface area contributed by atoms with Crippen molar-refractivity contribution in [2.45, 2.75) is 39.5 Å². The molecule has 6 nitrogen and oxygen atoms in total. The van der Waals surface area contributed by atoms with Gasteiger partial charge in [-0.05, 0) is 47.8 Å². The largest absolute Gasteiger partial charge is 0.356 e. The van der Waals surface area contributed by atoms with Crippen molar-refractivity contribution in [3.8, 4) is 0 Å². The highest BCUT2D eigenvalue weighted by molar-refractivity contribution is 9.10. The molecule has 3 rings (SSSR count). The number of pyridine rings is 1. The maximum Gasteiger partial charge on any atom is 0.228 e. The molecule has 0 aromatic carbocycles. The van der Waals surface area contributed by atoms with Crippen LogP contribution in [0, 0.1) is 12.8 Å². The van der Waals surface area contributed by atoms with Gasteiger partial charge in [0.15, 0.2) is 0 Å². The summed E-state index contributed by atoms with van der Waals surface area (Å²) in [6.45, 7) is 7.85. The summed E-state index contributed by atoms with van der Waals surface area (Å²) in [7, 11) is 0. The molecular weight excluding hydrogens is 394 g/mol. The van der Waals surface area contributed by atoms with E-state index in [-0.39, 0.29) is 11.8 Å². The smallest absolute Gasteiger partial charge is 0.228 e. The number of hydrogen-bond donors (Lipinski definition) is 1. The number of carbonyl (C=O) groups excluding carboxylic acids is 1. The molecule has 1 aliphatic rings. The second kappa shape index (κ2) is 8.12. The number of amides is 1. The summed E-state index contributed by atoms with van der Waals surface area (Å²) >= 11 is 3.34. The molecule has 0 saturated carbocycles. The van der Waals surface area contributed by atoms with Gasteiger partial charge >= 0.3 is 0 Å². The maximum absolute atomic E-state index is 12.5. The molecule has 2 aromatic heterocycles. The van der Waals surface area contributed by atoms with E-state index in [0.717, 1.165) is 47.7 Å². The number of aryl methyl sites for hydroxylation is 1. The lowest BCUT2D eigenvalue weighted by Crippen LogP contribution is -2.38. The summed E-state index contributed by atoms with van der Waals surface area (Å²) in [4.78, 5) is 28.2. The topological polar surface area (TPSA) is 71.0 Å². The van der Waals surface area contributed by atoms with Crippen LogP contribution >= 0.6 is 15.9 Å². The predicted molar refractivity (Wildman–Crippen MR) is 106 cm³/mol. The third kappa shape index (κ3) is 4.58. The number of anilines is 2.